The highest BCUT2D eigenvalue weighted by molar-refractivity contribution is 5.76. The van der Waals surface area contributed by atoms with Gasteiger partial charge in [-0.3, -0.25) is 4.79 Å². The standard InChI is InChI=1S/C20H26N4O3/c1-4-22-19(26)23-20(7-8-20)13(3)16-6-5-14(10-17(16)21)15-9-12(2)24(27)18(25)11-15/h5-6,9-11,13,27H,4,7-8,21H2,1-3H3,(H2,22,23,26)/t13-/m0/s1. The molecule has 0 unspecified atom stereocenters. The van der Waals surface area contributed by atoms with E-state index in [4.69, 9.17) is 5.73 Å². The maximum Gasteiger partial charge on any atom is 0.315 e. The molecule has 1 atom stereocenters. The lowest BCUT2D eigenvalue weighted by Crippen LogP contribution is -2.46. The van der Waals surface area contributed by atoms with Crippen molar-refractivity contribution in [3.05, 3.63) is 51.9 Å². The van der Waals surface area contributed by atoms with Crippen molar-refractivity contribution in [1.82, 2.24) is 15.4 Å². The Morgan fingerprint density at radius 3 is 2.56 bits per heavy atom. The maximum absolute atomic E-state index is 11.9. The molecule has 1 aromatic heterocycles. The molecule has 1 heterocycles. The van der Waals surface area contributed by atoms with Gasteiger partial charge in [-0.2, -0.15) is 4.73 Å². The van der Waals surface area contributed by atoms with Gasteiger partial charge in [0.05, 0.1) is 5.69 Å². The van der Waals surface area contributed by atoms with Crippen molar-refractivity contribution in [2.75, 3.05) is 12.3 Å². The van der Waals surface area contributed by atoms with E-state index in [0.717, 1.165) is 24.0 Å². The first-order chi connectivity index (χ1) is 12.8. The summed E-state index contributed by atoms with van der Waals surface area (Å²) in [5, 5.41) is 15.5. The number of carbonyl (C=O) groups excluding carboxylic acids is 1. The van der Waals surface area contributed by atoms with Gasteiger partial charge < -0.3 is 21.6 Å². The van der Waals surface area contributed by atoms with Crippen LogP contribution in [0.5, 0.6) is 0 Å². The van der Waals surface area contributed by atoms with Crippen LogP contribution in [0.1, 0.15) is 43.9 Å². The second kappa shape index (κ2) is 6.98. The topological polar surface area (TPSA) is 109 Å². The second-order valence-electron chi connectivity index (χ2n) is 7.24. The number of nitrogen functional groups attached to an aromatic ring is 1. The molecule has 1 aliphatic rings. The minimum Gasteiger partial charge on any atom is -0.425 e. The number of anilines is 1. The molecule has 144 valence electrons. The molecule has 1 fully saturated rings. The van der Waals surface area contributed by atoms with Gasteiger partial charge in [-0.05, 0) is 55.5 Å². The smallest absolute Gasteiger partial charge is 0.315 e. The number of nitrogens with one attached hydrogen (secondary N) is 2. The number of aromatic nitrogens is 1. The minimum absolute atomic E-state index is 0.0707. The van der Waals surface area contributed by atoms with E-state index in [0.29, 0.717) is 28.2 Å². The van der Waals surface area contributed by atoms with Gasteiger partial charge in [0.15, 0.2) is 0 Å². The van der Waals surface area contributed by atoms with Crippen LogP contribution in [0, 0.1) is 6.92 Å². The fraction of sp³-hybridized carbons (Fsp3) is 0.400. The molecular formula is C20H26N4O3. The highest BCUT2D eigenvalue weighted by Gasteiger charge is 2.49. The van der Waals surface area contributed by atoms with Gasteiger partial charge in [0, 0.05) is 29.8 Å². The molecule has 2 aromatic rings. The van der Waals surface area contributed by atoms with Crippen molar-refractivity contribution >= 4 is 11.7 Å². The molecule has 0 spiro atoms. The molecule has 1 aliphatic carbocycles. The normalized spacial score (nSPS) is 15.8. The third kappa shape index (κ3) is 3.63. The van der Waals surface area contributed by atoms with Crippen molar-refractivity contribution < 1.29 is 10.0 Å². The van der Waals surface area contributed by atoms with E-state index in [-0.39, 0.29) is 17.5 Å². The van der Waals surface area contributed by atoms with Crippen molar-refractivity contribution in [3.63, 3.8) is 0 Å². The van der Waals surface area contributed by atoms with Crippen molar-refractivity contribution in [2.45, 2.75) is 45.1 Å². The Hall–Kier alpha value is -2.96. The number of pyridine rings is 1. The molecule has 27 heavy (non-hydrogen) atoms. The number of amides is 2. The zero-order valence-corrected chi connectivity index (χ0v) is 15.9. The molecule has 7 nitrogen and oxygen atoms in total. The number of nitrogens with two attached hydrogens (primary N) is 1. The van der Waals surface area contributed by atoms with Crippen LogP contribution in [0.4, 0.5) is 10.5 Å². The highest BCUT2D eigenvalue weighted by Crippen LogP contribution is 2.48. The van der Waals surface area contributed by atoms with Crippen LogP contribution in [0.15, 0.2) is 35.1 Å². The lowest BCUT2D eigenvalue weighted by Gasteiger charge is -2.26. The first-order valence-corrected chi connectivity index (χ1v) is 9.16. The summed E-state index contributed by atoms with van der Waals surface area (Å²) in [6.45, 7) is 6.20. The quantitative estimate of drug-likeness (QED) is 0.479. The fourth-order valence-corrected chi connectivity index (χ4v) is 3.54. The van der Waals surface area contributed by atoms with E-state index in [1.165, 1.54) is 6.07 Å². The average Bonchev–Trinajstić information content (AvgIpc) is 3.39. The number of hydrogen-bond acceptors (Lipinski definition) is 4. The van der Waals surface area contributed by atoms with Crippen LogP contribution < -0.4 is 21.9 Å². The maximum atomic E-state index is 11.9. The van der Waals surface area contributed by atoms with E-state index in [1.54, 1.807) is 13.0 Å². The number of nitrogens with zero attached hydrogens (tertiary/aromatic N) is 1. The van der Waals surface area contributed by atoms with Crippen LogP contribution in [0.2, 0.25) is 0 Å². The monoisotopic (exact) mass is 370 g/mol. The molecule has 0 bridgehead atoms. The fourth-order valence-electron chi connectivity index (χ4n) is 3.54. The average molecular weight is 370 g/mol. The Bertz CT molecular complexity index is 931. The van der Waals surface area contributed by atoms with Gasteiger partial charge in [0.1, 0.15) is 0 Å². The minimum atomic E-state index is -0.482. The predicted molar refractivity (Wildman–Crippen MR) is 105 cm³/mol. The third-order valence-corrected chi connectivity index (χ3v) is 5.39. The predicted octanol–water partition coefficient (Wildman–Crippen LogP) is 2.60. The summed E-state index contributed by atoms with van der Waals surface area (Å²) < 4.78 is 0.618. The van der Waals surface area contributed by atoms with Crippen LogP contribution in [-0.4, -0.2) is 28.1 Å². The Morgan fingerprint density at radius 2 is 2.00 bits per heavy atom. The molecule has 0 saturated heterocycles. The lowest BCUT2D eigenvalue weighted by molar-refractivity contribution is 0.168. The van der Waals surface area contributed by atoms with Gasteiger partial charge in [0.2, 0.25) is 0 Å². The lowest BCUT2D eigenvalue weighted by atomic mass is 9.88. The molecule has 7 heteroatoms. The third-order valence-electron chi connectivity index (χ3n) is 5.39. The van der Waals surface area contributed by atoms with Crippen LogP contribution in [0.25, 0.3) is 11.1 Å². The van der Waals surface area contributed by atoms with Gasteiger partial charge in [-0.15, -0.1) is 0 Å². The van der Waals surface area contributed by atoms with E-state index >= 15 is 0 Å². The molecule has 3 rings (SSSR count). The summed E-state index contributed by atoms with van der Waals surface area (Å²) in [6, 6.07) is 8.67. The SMILES string of the molecule is CCNC(=O)NC1([C@@H](C)c2ccc(-c3cc(C)n(O)c(=O)c3)cc2N)CC1. The first-order valence-electron chi connectivity index (χ1n) is 9.16. The number of rotatable bonds is 5. The first kappa shape index (κ1) is 18.8. The zero-order chi connectivity index (χ0) is 19.8. The Balaban J connectivity index is 1.87. The summed E-state index contributed by atoms with van der Waals surface area (Å²) in [4.78, 5) is 23.8. The molecule has 1 saturated carbocycles. The highest BCUT2D eigenvalue weighted by atomic mass is 16.5. The summed E-state index contributed by atoms with van der Waals surface area (Å²) in [5.41, 5.74) is 9.14. The second-order valence-corrected chi connectivity index (χ2v) is 7.24. The number of hydrogen-bond donors (Lipinski definition) is 4. The van der Waals surface area contributed by atoms with Gasteiger partial charge >= 0.3 is 6.03 Å². The number of carbonyl (C=O) groups is 1. The molecule has 5 N–H and O–H groups in total. The Kier molecular flexibility index (Phi) is 4.87. The molecule has 0 radical (unpaired) electrons. The molecule has 2 amide bonds. The zero-order valence-electron chi connectivity index (χ0n) is 15.9. The summed E-state index contributed by atoms with van der Waals surface area (Å²) in [7, 11) is 0. The number of urea groups is 1. The Morgan fingerprint density at radius 1 is 1.30 bits per heavy atom. The van der Waals surface area contributed by atoms with Crippen LogP contribution in [0.3, 0.4) is 0 Å². The van der Waals surface area contributed by atoms with Crippen molar-refractivity contribution in [1.29, 1.82) is 0 Å². The van der Waals surface area contributed by atoms with Crippen molar-refractivity contribution in [2.24, 2.45) is 0 Å². The van der Waals surface area contributed by atoms with Crippen LogP contribution >= 0.6 is 0 Å². The summed E-state index contributed by atoms with van der Waals surface area (Å²) in [5.74, 6) is 0.0707. The molecule has 0 aliphatic heterocycles. The van der Waals surface area contributed by atoms with Crippen LogP contribution in [-0.2, 0) is 0 Å². The van der Waals surface area contributed by atoms with Crippen molar-refractivity contribution in [3.8, 4) is 11.1 Å². The summed E-state index contributed by atoms with van der Waals surface area (Å²) >= 11 is 0. The Labute approximate surface area is 158 Å². The molecule has 1 aromatic carbocycles. The van der Waals surface area contributed by atoms with E-state index in [9.17, 15) is 14.8 Å². The van der Waals surface area contributed by atoms with Gasteiger partial charge in [-0.1, -0.05) is 19.1 Å². The van der Waals surface area contributed by atoms with E-state index in [1.807, 2.05) is 25.1 Å². The number of aryl methyl sites for hydroxylation is 1. The summed E-state index contributed by atoms with van der Waals surface area (Å²) in [6.07, 6.45) is 1.83. The van der Waals surface area contributed by atoms with Gasteiger partial charge in [0.25, 0.3) is 5.56 Å². The molecular weight excluding hydrogens is 344 g/mol. The number of benzene rings is 1. The van der Waals surface area contributed by atoms with E-state index in [2.05, 4.69) is 17.6 Å². The van der Waals surface area contributed by atoms with Gasteiger partial charge in [-0.25, -0.2) is 4.79 Å². The largest absolute Gasteiger partial charge is 0.425 e. The van der Waals surface area contributed by atoms with E-state index < -0.39 is 5.56 Å².